The van der Waals surface area contributed by atoms with Crippen LogP contribution in [-0.2, 0) is 0 Å². The molecule has 5 heteroatoms. The molecular formula is C45H27N3S2. The Morgan fingerprint density at radius 3 is 1.32 bits per heavy atom. The molecule has 0 atom stereocenters. The van der Waals surface area contributed by atoms with Crippen molar-refractivity contribution in [1.82, 2.24) is 15.0 Å². The number of rotatable bonds is 5. The highest BCUT2D eigenvalue weighted by molar-refractivity contribution is 7.26. The van der Waals surface area contributed by atoms with Gasteiger partial charge in [-0.3, -0.25) is 0 Å². The monoisotopic (exact) mass is 673 g/mol. The summed E-state index contributed by atoms with van der Waals surface area (Å²) in [5.41, 5.74) is 7.36. The second-order valence-corrected chi connectivity index (χ2v) is 14.6. The van der Waals surface area contributed by atoms with Gasteiger partial charge < -0.3 is 0 Å². The lowest BCUT2D eigenvalue weighted by Gasteiger charge is -2.14. The Bertz CT molecular complexity index is 2810. The van der Waals surface area contributed by atoms with Crippen molar-refractivity contribution in [2.75, 3.05) is 0 Å². The first kappa shape index (κ1) is 29.0. The third-order valence-electron chi connectivity index (χ3n) is 9.36. The molecule has 0 saturated carbocycles. The highest BCUT2D eigenvalue weighted by Crippen LogP contribution is 2.41. The predicted molar refractivity (Wildman–Crippen MR) is 213 cm³/mol. The van der Waals surface area contributed by atoms with E-state index in [1.54, 1.807) is 0 Å². The SMILES string of the molecule is c1ccc(-c2nc(-c3ccccc3)nc(-c3cc(-c4ccc5sc6ccccc6c5c4)ccc3-c3ccc4sc5ccccc5c4c3)n2)cc1. The Hall–Kier alpha value is -6.01. The molecule has 10 aromatic rings. The Morgan fingerprint density at radius 1 is 0.280 bits per heavy atom. The number of fused-ring (bicyclic) bond motifs is 6. The third-order valence-corrected chi connectivity index (χ3v) is 11.7. The van der Waals surface area contributed by atoms with E-state index in [1.165, 1.54) is 40.3 Å². The Labute approximate surface area is 296 Å². The Morgan fingerprint density at radius 2 is 0.720 bits per heavy atom. The number of benzene rings is 7. The molecule has 0 fully saturated rings. The van der Waals surface area contributed by atoms with E-state index in [0.29, 0.717) is 17.5 Å². The molecule has 0 amide bonds. The fraction of sp³-hybridized carbons (Fsp3) is 0. The lowest BCUT2D eigenvalue weighted by Crippen LogP contribution is -2.01. The maximum atomic E-state index is 5.19. The van der Waals surface area contributed by atoms with Gasteiger partial charge in [-0.15, -0.1) is 22.7 Å². The van der Waals surface area contributed by atoms with Gasteiger partial charge in [0, 0.05) is 57.0 Å². The number of aromatic nitrogens is 3. The zero-order chi connectivity index (χ0) is 33.0. The molecule has 3 heterocycles. The minimum Gasteiger partial charge on any atom is -0.208 e. The van der Waals surface area contributed by atoms with Gasteiger partial charge in [0.05, 0.1) is 0 Å². The second-order valence-electron chi connectivity index (χ2n) is 12.4. The molecule has 0 spiro atoms. The van der Waals surface area contributed by atoms with E-state index in [0.717, 1.165) is 38.9 Å². The fourth-order valence-corrected chi connectivity index (χ4v) is 9.06. The number of nitrogens with zero attached hydrogens (tertiary/aromatic N) is 3. The van der Waals surface area contributed by atoms with Crippen LogP contribution in [0.5, 0.6) is 0 Å². The molecule has 3 aromatic heterocycles. The largest absolute Gasteiger partial charge is 0.208 e. The molecule has 10 rings (SSSR count). The van der Waals surface area contributed by atoms with Gasteiger partial charge >= 0.3 is 0 Å². The van der Waals surface area contributed by atoms with Gasteiger partial charge in [0.15, 0.2) is 17.5 Å². The van der Waals surface area contributed by atoms with Crippen LogP contribution in [-0.4, -0.2) is 15.0 Å². The highest BCUT2D eigenvalue weighted by atomic mass is 32.1. The van der Waals surface area contributed by atoms with Crippen molar-refractivity contribution in [3.05, 3.63) is 164 Å². The lowest BCUT2D eigenvalue weighted by atomic mass is 9.93. The smallest absolute Gasteiger partial charge is 0.164 e. The molecule has 0 saturated heterocycles. The summed E-state index contributed by atoms with van der Waals surface area (Å²) in [4.78, 5) is 15.4. The standard InChI is InChI=1S/C45H27N3S2/c1-3-11-28(12-4-1)43-46-44(29-13-5-2-6-14-29)48-45(47-43)38-26-30(31-20-23-41-36(25-31)34-15-7-9-17-39(34)49-41)19-22-33(38)32-21-24-42-37(27-32)35-16-8-10-18-40(35)50-42/h1-27H. The summed E-state index contributed by atoms with van der Waals surface area (Å²) < 4.78 is 5.17. The quantitative estimate of drug-likeness (QED) is 0.182. The molecule has 50 heavy (non-hydrogen) atoms. The molecular weight excluding hydrogens is 647 g/mol. The van der Waals surface area contributed by atoms with E-state index < -0.39 is 0 Å². The van der Waals surface area contributed by atoms with Gasteiger partial charge in [0.1, 0.15) is 0 Å². The summed E-state index contributed by atoms with van der Waals surface area (Å²) in [7, 11) is 0. The predicted octanol–water partition coefficient (Wildman–Crippen LogP) is 12.9. The molecule has 7 aromatic carbocycles. The summed E-state index contributed by atoms with van der Waals surface area (Å²) in [6, 6.07) is 58.0. The summed E-state index contributed by atoms with van der Waals surface area (Å²) >= 11 is 3.68. The summed E-state index contributed by atoms with van der Waals surface area (Å²) in [6.07, 6.45) is 0. The van der Waals surface area contributed by atoms with Gasteiger partial charge in [-0.25, -0.2) is 15.0 Å². The van der Waals surface area contributed by atoms with E-state index in [2.05, 4.69) is 127 Å². The zero-order valence-corrected chi connectivity index (χ0v) is 28.4. The second kappa shape index (κ2) is 11.8. The first-order chi connectivity index (χ1) is 24.7. The van der Waals surface area contributed by atoms with Gasteiger partial charge in [-0.05, 0) is 64.7 Å². The van der Waals surface area contributed by atoms with Crippen LogP contribution in [0, 0.1) is 0 Å². The molecule has 234 valence electrons. The molecule has 0 aliphatic rings. The first-order valence-electron chi connectivity index (χ1n) is 16.6. The van der Waals surface area contributed by atoms with Crippen LogP contribution in [0.2, 0.25) is 0 Å². The van der Waals surface area contributed by atoms with Gasteiger partial charge in [-0.2, -0.15) is 0 Å². The Kier molecular flexibility index (Phi) is 6.86. The van der Waals surface area contributed by atoms with Gasteiger partial charge in [0.2, 0.25) is 0 Å². The normalized spacial score (nSPS) is 11.6. The van der Waals surface area contributed by atoms with Crippen molar-refractivity contribution in [1.29, 1.82) is 0 Å². The molecule has 3 nitrogen and oxygen atoms in total. The van der Waals surface area contributed by atoms with E-state index in [4.69, 9.17) is 15.0 Å². The van der Waals surface area contributed by atoms with Crippen LogP contribution < -0.4 is 0 Å². The third kappa shape index (κ3) is 4.98. The lowest BCUT2D eigenvalue weighted by molar-refractivity contribution is 1.07. The number of hydrogen-bond donors (Lipinski definition) is 0. The average Bonchev–Trinajstić information content (AvgIpc) is 3.76. The van der Waals surface area contributed by atoms with Crippen LogP contribution in [0.15, 0.2) is 164 Å². The van der Waals surface area contributed by atoms with Crippen LogP contribution >= 0.6 is 22.7 Å². The fourth-order valence-electron chi connectivity index (χ4n) is 6.89. The minimum atomic E-state index is 0.645. The average molecular weight is 674 g/mol. The molecule has 0 unspecified atom stereocenters. The van der Waals surface area contributed by atoms with Crippen LogP contribution in [0.25, 0.3) is 96.8 Å². The molecule has 0 radical (unpaired) electrons. The van der Waals surface area contributed by atoms with Gasteiger partial charge in [0.25, 0.3) is 0 Å². The van der Waals surface area contributed by atoms with Crippen LogP contribution in [0.4, 0.5) is 0 Å². The van der Waals surface area contributed by atoms with Crippen molar-refractivity contribution in [3.63, 3.8) is 0 Å². The van der Waals surface area contributed by atoms with Crippen LogP contribution in [0.3, 0.4) is 0 Å². The van der Waals surface area contributed by atoms with Crippen LogP contribution in [0.1, 0.15) is 0 Å². The van der Waals surface area contributed by atoms with E-state index in [9.17, 15) is 0 Å². The maximum absolute atomic E-state index is 5.19. The van der Waals surface area contributed by atoms with Crippen molar-refractivity contribution >= 4 is 63.0 Å². The number of hydrogen-bond acceptors (Lipinski definition) is 5. The first-order valence-corrected chi connectivity index (χ1v) is 18.2. The van der Waals surface area contributed by atoms with Gasteiger partial charge in [-0.1, -0.05) is 121 Å². The molecule has 0 N–H and O–H groups in total. The minimum absolute atomic E-state index is 0.645. The van der Waals surface area contributed by atoms with Crippen molar-refractivity contribution < 1.29 is 0 Å². The van der Waals surface area contributed by atoms with E-state index in [1.807, 2.05) is 59.1 Å². The summed E-state index contributed by atoms with van der Waals surface area (Å²) in [5.74, 6) is 1.94. The summed E-state index contributed by atoms with van der Waals surface area (Å²) in [5, 5.41) is 5.11. The zero-order valence-electron chi connectivity index (χ0n) is 26.7. The van der Waals surface area contributed by atoms with Crippen molar-refractivity contribution in [2.24, 2.45) is 0 Å². The van der Waals surface area contributed by atoms with Crippen molar-refractivity contribution in [2.45, 2.75) is 0 Å². The Balaban J connectivity index is 1.22. The van der Waals surface area contributed by atoms with E-state index in [-0.39, 0.29) is 0 Å². The topological polar surface area (TPSA) is 38.7 Å². The van der Waals surface area contributed by atoms with E-state index >= 15 is 0 Å². The summed E-state index contributed by atoms with van der Waals surface area (Å²) in [6.45, 7) is 0. The highest BCUT2D eigenvalue weighted by Gasteiger charge is 2.18. The molecule has 0 aliphatic heterocycles. The molecule has 0 bridgehead atoms. The maximum Gasteiger partial charge on any atom is 0.164 e. The molecule has 0 aliphatic carbocycles. The van der Waals surface area contributed by atoms with Crippen molar-refractivity contribution in [3.8, 4) is 56.4 Å². The number of thiophene rings is 2.